The van der Waals surface area contributed by atoms with Gasteiger partial charge < -0.3 is 5.32 Å². The Balaban J connectivity index is 0.00000264. The minimum Gasteiger partial charge on any atom is -0.314 e. The molecule has 1 atom stereocenters. The molecule has 138 valence electrons. The Labute approximate surface area is 152 Å². The SMILES string of the molecule is C=CCC[C@H](c1cc(F)cc(C(F)(F)F)c1)N1CCNCC1.Cl.Cl. The lowest BCUT2D eigenvalue weighted by Crippen LogP contribution is -2.45. The Bertz CT molecular complexity index is 517. The maximum Gasteiger partial charge on any atom is 0.416 e. The van der Waals surface area contributed by atoms with E-state index in [9.17, 15) is 17.6 Å². The first-order chi connectivity index (χ1) is 10.4. The molecular formula is C16H22Cl2F4N2. The summed E-state index contributed by atoms with van der Waals surface area (Å²) in [5, 5.41) is 3.21. The Morgan fingerprint density at radius 2 is 1.79 bits per heavy atom. The van der Waals surface area contributed by atoms with Crippen LogP contribution < -0.4 is 5.32 Å². The predicted molar refractivity (Wildman–Crippen MR) is 92.5 cm³/mol. The highest BCUT2D eigenvalue weighted by Crippen LogP contribution is 2.34. The van der Waals surface area contributed by atoms with Crippen LogP contribution in [0.15, 0.2) is 30.9 Å². The maximum atomic E-state index is 13.7. The zero-order valence-electron chi connectivity index (χ0n) is 13.1. The zero-order valence-corrected chi connectivity index (χ0v) is 14.7. The van der Waals surface area contributed by atoms with Crippen molar-refractivity contribution >= 4 is 24.8 Å². The molecule has 0 aliphatic carbocycles. The molecule has 2 nitrogen and oxygen atoms in total. The van der Waals surface area contributed by atoms with Crippen LogP contribution in [0.2, 0.25) is 0 Å². The Kier molecular flexibility index (Phi) is 9.88. The molecule has 1 aliphatic rings. The summed E-state index contributed by atoms with van der Waals surface area (Å²) in [7, 11) is 0. The topological polar surface area (TPSA) is 15.3 Å². The van der Waals surface area contributed by atoms with Crippen LogP contribution in [0.3, 0.4) is 0 Å². The van der Waals surface area contributed by atoms with Crippen LogP contribution in [-0.4, -0.2) is 31.1 Å². The van der Waals surface area contributed by atoms with E-state index >= 15 is 0 Å². The molecule has 1 aliphatic heterocycles. The van der Waals surface area contributed by atoms with Crippen molar-refractivity contribution in [2.24, 2.45) is 0 Å². The predicted octanol–water partition coefficient (Wildman–Crippen LogP) is 4.60. The Morgan fingerprint density at radius 1 is 1.17 bits per heavy atom. The van der Waals surface area contributed by atoms with Crippen LogP contribution in [0.25, 0.3) is 0 Å². The molecule has 0 aromatic heterocycles. The van der Waals surface area contributed by atoms with E-state index < -0.39 is 17.6 Å². The van der Waals surface area contributed by atoms with E-state index in [0.717, 1.165) is 32.2 Å². The first-order valence-corrected chi connectivity index (χ1v) is 7.35. The van der Waals surface area contributed by atoms with E-state index in [1.54, 1.807) is 6.08 Å². The first kappa shape index (κ1) is 23.2. The molecule has 2 rings (SSSR count). The highest BCUT2D eigenvalue weighted by atomic mass is 35.5. The lowest BCUT2D eigenvalue weighted by Gasteiger charge is -2.35. The molecule has 0 spiro atoms. The van der Waals surface area contributed by atoms with E-state index in [1.807, 2.05) is 0 Å². The van der Waals surface area contributed by atoms with Gasteiger partial charge in [0.25, 0.3) is 0 Å². The van der Waals surface area contributed by atoms with Crippen molar-refractivity contribution in [2.75, 3.05) is 26.2 Å². The van der Waals surface area contributed by atoms with Crippen molar-refractivity contribution in [1.82, 2.24) is 10.2 Å². The molecule has 1 saturated heterocycles. The number of allylic oxidation sites excluding steroid dienone is 1. The van der Waals surface area contributed by atoms with Crippen molar-refractivity contribution in [3.8, 4) is 0 Å². The van der Waals surface area contributed by atoms with Crippen molar-refractivity contribution in [3.63, 3.8) is 0 Å². The van der Waals surface area contributed by atoms with E-state index in [1.165, 1.54) is 6.07 Å². The van der Waals surface area contributed by atoms with E-state index in [0.29, 0.717) is 24.5 Å². The number of benzene rings is 1. The van der Waals surface area contributed by atoms with Gasteiger partial charge in [-0.1, -0.05) is 6.08 Å². The molecule has 0 unspecified atom stereocenters. The lowest BCUT2D eigenvalue weighted by atomic mass is 9.97. The molecule has 0 amide bonds. The van der Waals surface area contributed by atoms with Crippen molar-refractivity contribution in [2.45, 2.75) is 25.1 Å². The Hall–Kier alpha value is -0.820. The molecular weight excluding hydrogens is 367 g/mol. The largest absolute Gasteiger partial charge is 0.416 e. The number of hydrogen-bond donors (Lipinski definition) is 1. The first-order valence-electron chi connectivity index (χ1n) is 7.35. The van der Waals surface area contributed by atoms with Crippen LogP contribution in [0.5, 0.6) is 0 Å². The second-order valence-corrected chi connectivity index (χ2v) is 5.44. The fourth-order valence-corrected chi connectivity index (χ4v) is 2.80. The van der Waals surface area contributed by atoms with Crippen LogP contribution >= 0.6 is 24.8 Å². The van der Waals surface area contributed by atoms with Gasteiger partial charge in [-0.2, -0.15) is 13.2 Å². The van der Waals surface area contributed by atoms with Crippen molar-refractivity contribution in [3.05, 3.63) is 47.8 Å². The fourth-order valence-electron chi connectivity index (χ4n) is 2.80. The number of piperazine rings is 1. The molecule has 1 aromatic carbocycles. The van der Waals surface area contributed by atoms with Crippen molar-refractivity contribution < 1.29 is 17.6 Å². The average Bonchev–Trinajstić information content (AvgIpc) is 2.47. The van der Waals surface area contributed by atoms with E-state index in [-0.39, 0.29) is 30.9 Å². The van der Waals surface area contributed by atoms with Gasteiger partial charge in [0.1, 0.15) is 5.82 Å². The molecule has 1 fully saturated rings. The molecule has 1 aromatic rings. The summed E-state index contributed by atoms with van der Waals surface area (Å²) in [5.41, 5.74) is -0.544. The van der Waals surface area contributed by atoms with Gasteiger partial charge in [-0.05, 0) is 36.6 Å². The molecule has 0 bridgehead atoms. The minimum atomic E-state index is -4.54. The zero-order chi connectivity index (χ0) is 16.2. The number of nitrogens with zero attached hydrogens (tertiary/aromatic N) is 1. The quantitative estimate of drug-likeness (QED) is 0.585. The molecule has 1 heterocycles. The summed E-state index contributed by atoms with van der Waals surface area (Å²) >= 11 is 0. The summed E-state index contributed by atoms with van der Waals surface area (Å²) in [5.74, 6) is -0.844. The number of nitrogens with one attached hydrogen (secondary N) is 1. The summed E-state index contributed by atoms with van der Waals surface area (Å²) < 4.78 is 52.4. The van der Waals surface area contributed by atoms with Gasteiger partial charge in [-0.3, -0.25) is 4.90 Å². The minimum absolute atomic E-state index is 0. The third-order valence-corrected chi connectivity index (χ3v) is 3.87. The molecule has 24 heavy (non-hydrogen) atoms. The maximum absolute atomic E-state index is 13.7. The number of rotatable bonds is 5. The van der Waals surface area contributed by atoms with Gasteiger partial charge in [0, 0.05) is 32.2 Å². The second kappa shape index (κ2) is 10.2. The summed E-state index contributed by atoms with van der Waals surface area (Å²) in [6.07, 6.45) is -1.50. The molecule has 8 heteroatoms. The van der Waals surface area contributed by atoms with Crippen LogP contribution in [0.4, 0.5) is 17.6 Å². The number of alkyl halides is 3. The van der Waals surface area contributed by atoms with Gasteiger partial charge >= 0.3 is 6.18 Å². The van der Waals surface area contributed by atoms with Gasteiger partial charge in [0.05, 0.1) is 5.56 Å². The van der Waals surface area contributed by atoms with Crippen LogP contribution in [-0.2, 0) is 6.18 Å². The molecule has 0 saturated carbocycles. The van der Waals surface area contributed by atoms with Gasteiger partial charge in [-0.15, -0.1) is 31.4 Å². The number of hydrogen-bond acceptors (Lipinski definition) is 2. The highest BCUT2D eigenvalue weighted by molar-refractivity contribution is 5.85. The van der Waals surface area contributed by atoms with Crippen molar-refractivity contribution in [1.29, 1.82) is 0 Å². The third kappa shape index (κ3) is 6.24. The van der Waals surface area contributed by atoms with Gasteiger partial charge in [-0.25, -0.2) is 4.39 Å². The van der Waals surface area contributed by atoms with Gasteiger partial charge in [0.2, 0.25) is 0 Å². The molecule has 1 N–H and O–H groups in total. The van der Waals surface area contributed by atoms with Crippen LogP contribution in [0, 0.1) is 5.82 Å². The third-order valence-electron chi connectivity index (χ3n) is 3.87. The molecule has 0 radical (unpaired) electrons. The second-order valence-electron chi connectivity index (χ2n) is 5.44. The van der Waals surface area contributed by atoms with E-state index in [2.05, 4.69) is 16.8 Å². The monoisotopic (exact) mass is 388 g/mol. The Morgan fingerprint density at radius 3 is 2.33 bits per heavy atom. The van der Waals surface area contributed by atoms with E-state index in [4.69, 9.17) is 0 Å². The summed E-state index contributed by atoms with van der Waals surface area (Å²) in [6.45, 7) is 6.70. The fraction of sp³-hybridized carbons (Fsp3) is 0.500. The number of halogens is 6. The highest BCUT2D eigenvalue weighted by Gasteiger charge is 2.32. The normalized spacial score (nSPS) is 16.7. The average molecular weight is 389 g/mol. The summed E-state index contributed by atoms with van der Waals surface area (Å²) in [6, 6.07) is 2.60. The van der Waals surface area contributed by atoms with Gasteiger partial charge in [0.15, 0.2) is 0 Å². The van der Waals surface area contributed by atoms with Crippen LogP contribution in [0.1, 0.15) is 30.0 Å². The standard InChI is InChI=1S/C16H20F4N2.2ClH/c1-2-3-4-15(22-7-5-21-6-8-22)12-9-13(16(18,19)20)11-14(17)10-12;;/h2,9-11,15,21H,1,3-8H2;2*1H/t15-;;/m1../s1. The lowest BCUT2D eigenvalue weighted by molar-refractivity contribution is -0.137. The summed E-state index contributed by atoms with van der Waals surface area (Å²) in [4.78, 5) is 2.11. The smallest absolute Gasteiger partial charge is 0.314 e.